The number of hydrogen-bond donors (Lipinski definition) is 1. The topological polar surface area (TPSA) is 65.2 Å². The fraction of sp³-hybridized carbons (Fsp3) is 0.692. The van der Waals surface area contributed by atoms with Crippen LogP contribution in [0.5, 0.6) is 0 Å². The molecule has 0 radical (unpaired) electrons. The third kappa shape index (κ3) is 4.64. The number of anilines is 1. The fourth-order valence-corrected chi connectivity index (χ4v) is 2.42. The van der Waals surface area contributed by atoms with Crippen molar-refractivity contribution in [2.45, 2.75) is 59.0 Å². The van der Waals surface area contributed by atoms with Gasteiger partial charge in [-0.2, -0.15) is 0 Å². The molecular weight excluding hydrogens is 248 g/mol. The largest absolute Gasteiger partial charge is 0.455 e. The zero-order chi connectivity index (χ0) is 13.8. The van der Waals surface area contributed by atoms with E-state index in [0.29, 0.717) is 10.8 Å². The highest BCUT2D eigenvalue weighted by atomic mass is 32.1. The average Bonchev–Trinajstić information content (AvgIpc) is 2.58. The SMILES string of the molecule is CCCCCc1sc(N)nc1C(=O)OC(C)(C)C. The Balaban J connectivity index is 2.77. The van der Waals surface area contributed by atoms with Crippen LogP contribution in [0.4, 0.5) is 5.13 Å². The molecule has 0 bridgehead atoms. The molecule has 0 aliphatic carbocycles. The van der Waals surface area contributed by atoms with Crippen LogP contribution in [0.2, 0.25) is 0 Å². The molecule has 0 unspecified atom stereocenters. The molecule has 0 aliphatic heterocycles. The van der Waals surface area contributed by atoms with Crippen LogP contribution in [0.3, 0.4) is 0 Å². The zero-order valence-electron chi connectivity index (χ0n) is 11.6. The van der Waals surface area contributed by atoms with Gasteiger partial charge in [-0.05, 0) is 33.6 Å². The van der Waals surface area contributed by atoms with Crippen LogP contribution in [-0.2, 0) is 11.2 Å². The van der Waals surface area contributed by atoms with E-state index in [1.54, 1.807) is 0 Å². The van der Waals surface area contributed by atoms with Gasteiger partial charge in [-0.1, -0.05) is 19.8 Å². The standard InChI is InChI=1S/C13H22N2O2S/c1-5-6-7-8-9-10(15-12(14)18-9)11(16)17-13(2,3)4/h5-8H2,1-4H3,(H2,14,15). The summed E-state index contributed by atoms with van der Waals surface area (Å²) >= 11 is 1.38. The van der Waals surface area contributed by atoms with E-state index in [4.69, 9.17) is 10.5 Å². The van der Waals surface area contributed by atoms with E-state index in [-0.39, 0.29) is 5.97 Å². The molecule has 0 amide bonds. The van der Waals surface area contributed by atoms with Crippen LogP contribution >= 0.6 is 11.3 Å². The molecule has 0 fully saturated rings. The molecule has 1 heterocycles. The summed E-state index contributed by atoms with van der Waals surface area (Å²) in [6.45, 7) is 7.68. The Morgan fingerprint density at radius 3 is 2.61 bits per heavy atom. The molecule has 0 aliphatic rings. The van der Waals surface area contributed by atoms with Gasteiger partial charge in [0, 0.05) is 4.88 Å². The van der Waals surface area contributed by atoms with Crippen molar-refractivity contribution >= 4 is 22.4 Å². The number of nitrogen functional groups attached to an aromatic ring is 1. The van der Waals surface area contributed by atoms with Gasteiger partial charge in [0.1, 0.15) is 5.60 Å². The lowest BCUT2D eigenvalue weighted by Gasteiger charge is -2.19. The summed E-state index contributed by atoms with van der Waals surface area (Å²) in [7, 11) is 0. The number of aromatic nitrogens is 1. The summed E-state index contributed by atoms with van der Waals surface area (Å²) in [5, 5.41) is 0.433. The molecule has 0 saturated heterocycles. The number of carbonyl (C=O) groups is 1. The van der Waals surface area contributed by atoms with E-state index in [1.807, 2.05) is 20.8 Å². The number of ether oxygens (including phenoxy) is 1. The minimum absolute atomic E-state index is 0.373. The first-order chi connectivity index (χ1) is 8.33. The second-order valence-corrected chi connectivity index (χ2v) is 6.40. The van der Waals surface area contributed by atoms with Gasteiger partial charge in [0.05, 0.1) is 0 Å². The van der Waals surface area contributed by atoms with Crippen LogP contribution in [0.25, 0.3) is 0 Å². The number of thiazole rings is 1. The highest BCUT2D eigenvalue weighted by Gasteiger charge is 2.23. The maximum Gasteiger partial charge on any atom is 0.358 e. The van der Waals surface area contributed by atoms with Crippen molar-refractivity contribution in [3.8, 4) is 0 Å². The van der Waals surface area contributed by atoms with Crippen molar-refractivity contribution < 1.29 is 9.53 Å². The minimum atomic E-state index is -0.504. The van der Waals surface area contributed by atoms with Crippen molar-refractivity contribution in [2.75, 3.05) is 5.73 Å². The number of unbranched alkanes of at least 4 members (excludes halogenated alkanes) is 2. The lowest BCUT2D eigenvalue weighted by Crippen LogP contribution is -2.24. The van der Waals surface area contributed by atoms with Crippen LogP contribution in [-0.4, -0.2) is 16.6 Å². The van der Waals surface area contributed by atoms with E-state index in [2.05, 4.69) is 11.9 Å². The van der Waals surface area contributed by atoms with Crippen molar-refractivity contribution in [2.24, 2.45) is 0 Å². The summed E-state index contributed by atoms with van der Waals surface area (Å²) in [6.07, 6.45) is 4.19. The Labute approximate surface area is 113 Å². The minimum Gasteiger partial charge on any atom is -0.455 e. The van der Waals surface area contributed by atoms with Gasteiger partial charge in [-0.3, -0.25) is 0 Å². The smallest absolute Gasteiger partial charge is 0.358 e. The molecule has 5 heteroatoms. The summed E-state index contributed by atoms with van der Waals surface area (Å²) in [4.78, 5) is 17.0. The van der Waals surface area contributed by atoms with Crippen molar-refractivity contribution in [1.82, 2.24) is 4.98 Å². The monoisotopic (exact) mass is 270 g/mol. The summed E-state index contributed by atoms with van der Waals surface area (Å²) < 4.78 is 5.33. The number of aryl methyl sites for hydroxylation is 1. The summed E-state index contributed by atoms with van der Waals surface area (Å²) in [6, 6.07) is 0. The van der Waals surface area contributed by atoms with Gasteiger partial charge in [0.2, 0.25) is 0 Å². The van der Waals surface area contributed by atoms with E-state index < -0.39 is 5.60 Å². The number of nitrogens with two attached hydrogens (primary N) is 1. The van der Waals surface area contributed by atoms with Gasteiger partial charge < -0.3 is 10.5 Å². The Morgan fingerprint density at radius 1 is 1.39 bits per heavy atom. The molecule has 18 heavy (non-hydrogen) atoms. The van der Waals surface area contributed by atoms with Gasteiger partial charge in [0.25, 0.3) is 0 Å². The van der Waals surface area contributed by atoms with E-state index in [0.717, 1.165) is 30.6 Å². The molecule has 0 spiro atoms. The van der Waals surface area contributed by atoms with Crippen LogP contribution in [0.1, 0.15) is 62.3 Å². The van der Waals surface area contributed by atoms with Gasteiger partial charge in [0.15, 0.2) is 10.8 Å². The maximum absolute atomic E-state index is 12.0. The number of carbonyl (C=O) groups excluding carboxylic acids is 1. The molecule has 2 N–H and O–H groups in total. The van der Waals surface area contributed by atoms with Crippen LogP contribution in [0.15, 0.2) is 0 Å². The predicted octanol–water partition coefficient (Wildman–Crippen LogP) is 3.41. The molecule has 1 aromatic rings. The number of esters is 1. The lowest BCUT2D eigenvalue weighted by atomic mass is 10.1. The summed E-state index contributed by atoms with van der Waals surface area (Å²) in [5.41, 5.74) is 5.57. The Bertz CT molecular complexity index is 408. The number of hydrogen-bond acceptors (Lipinski definition) is 5. The second-order valence-electron chi connectivity index (χ2n) is 5.28. The van der Waals surface area contributed by atoms with Gasteiger partial charge in [-0.15, -0.1) is 11.3 Å². The third-order valence-electron chi connectivity index (χ3n) is 2.31. The Morgan fingerprint density at radius 2 is 2.06 bits per heavy atom. The van der Waals surface area contributed by atoms with Gasteiger partial charge in [-0.25, -0.2) is 9.78 Å². The maximum atomic E-state index is 12.0. The van der Waals surface area contributed by atoms with E-state index >= 15 is 0 Å². The predicted molar refractivity (Wildman–Crippen MR) is 74.9 cm³/mol. The normalized spacial score (nSPS) is 11.6. The molecule has 4 nitrogen and oxygen atoms in total. The van der Waals surface area contributed by atoms with E-state index in [1.165, 1.54) is 11.3 Å². The third-order valence-corrected chi connectivity index (χ3v) is 3.26. The first-order valence-corrected chi connectivity index (χ1v) is 7.13. The number of rotatable bonds is 5. The molecule has 102 valence electrons. The Hall–Kier alpha value is -1.10. The van der Waals surface area contributed by atoms with Crippen molar-refractivity contribution in [3.63, 3.8) is 0 Å². The molecule has 1 aromatic heterocycles. The van der Waals surface area contributed by atoms with Crippen LogP contribution < -0.4 is 5.73 Å². The molecule has 0 atom stereocenters. The second kappa shape index (κ2) is 6.18. The van der Waals surface area contributed by atoms with Crippen LogP contribution in [0, 0.1) is 0 Å². The van der Waals surface area contributed by atoms with Crippen molar-refractivity contribution in [3.05, 3.63) is 10.6 Å². The summed E-state index contributed by atoms with van der Waals surface area (Å²) in [5.74, 6) is -0.373. The van der Waals surface area contributed by atoms with E-state index in [9.17, 15) is 4.79 Å². The zero-order valence-corrected chi connectivity index (χ0v) is 12.4. The molecule has 0 saturated carbocycles. The van der Waals surface area contributed by atoms with Gasteiger partial charge >= 0.3 is 5.97 Å². The quantitative estimate of drug-likeness (QED) is 0.657. The highest BCUT2D eigenvalue weighted by Crippen LogP contribution is 2.24. The average molecular weight is 270 g/mol. The highest BCUT2D eigenvalue weighted by molar-refractivity contribution is 7.15. The molecule has 0 aromatic carbocycles. The molecular formula is C13H22N2O2S. The first-order valence-electron chi connectivity index (χ1n) is 6.32. The Kier molecular flexibility index (Phi) is 5.14. The first kappa shape index (κ1) is 15.0. The number of nitrogens with zero attached hydrogens (tertiary/aromatic N) is 1. The van der Waals surface area contributed by atoms with Crippen molar-refractivity contribution in [1.29, 1.82) is 0 Å². The molecule has 1 rings (SSSR count). The lowest BCUT2D eigenvalue weighted by molar-refractivity contribution is 0.00626. The fourth-order valence-electron chi connectivity index (χ4n) is 1.56.